The van der Waals surface area contributed by atoms with E-state index in [9.17, 15) is 9.59 Å². The van der Waals surface area contributed by atoms with Crippen LogP contribution in [0.5, 0.6) is 0 Å². The highest BCUT2D eigenvalue weighted by Gasteiger charge is 2.43. The molecule has 1 atom stereocenters. The molecule has 1 aliphatic heterocycles. The molecule has 3 heterocycles. The van der Waals surface area contributed by atoms with Gasteiger partial charge >= 0.3 is 0 Å². The monoisotopic (exact) mass is 370 g/mol. The van der Waals surface area contributed by atoms with E-state index >= 15 is 0 Å². The Morgan fingerprint density at radius 1 is 1.37 bits per heavy atom. The van der Waals surface area contributed by atoms with Crippen LogP contribution in [0.2, 0.25) is 0 Å². The molecular formula is C19H26N6O2. The van der Waals surface area contributed by atoms with E-state index in [1.54, 1.807) is 10.9 Å². The largest absolute Gasteiger partial charge is 0.369 e. The molecule has 27 heavy (non-hydrogen) atoms. The third-order valence-corrected chi connectivity index (χ3v) is 5.11. The SMILES string of the molecule is CCn1cc(NC(=O)CN2CCCC(C(N)=O)(c3ccccn3)C2)c(C)n1. The van der Waals surface area contributed by atoms with E-state index in [2.05, 4.69) is 15.4 Å². The van der Waals surface area contributed by atoms with E-state index in [0.29, 0.717) is 24.3 Å². The van der Waals surface area contributed by atoms with E-state index in [-0.39, 0.29) is 12.5 Å². The zero-order valence-electron chi connectivity index (χ0n) is 15.8. The highest BCUT2D eigenvalue weighted by atomic mass is 16.2. The van der Waals surface area contributed by atoms with Crippen molar-refractivity contribution in [3.8, 4) is 0 Å². The predicted octanol–water partition coefficient (Wildman–Crippen LogP) is 1.06. The molecule has 0 radical (unpaired) electrons. The van der Waals surface area contributed by atoms with E-state index < -0.39 is 11.3 Å². The quantitative estimate of drug-likeness (QED) is 0.791. The number of hydrogen-bond donors (Lipinski definition) is 2. The summed E-state index contributed by atoms with van der Waals surface area (Å²) in [6.07, 6.45) is 4.91. The van der Waals surface area contributed by atoms with Crippen molar-refractivity contribution in [3.05, 3.63) is 42.0 Å². The Hall–Kier alpha value is -2.74. The van der Waals surface area contributed by atoms with Gasteiger partial charge in [-0.3, -0.25) is 24.2 Å². The number of hydrogen-bond acceptors (Lipinski definition) is 5. The molecular weight excluding hydrogens is 344 g/mol. The summed E-state index contributed by atoms with van der Waals surface area (Å²) in [6, 6.07) is 5.49. The number of carbonyl (C=O) groups excluding carboxylic acids is 2. The molecule has 1 aliphatic rings. The van der Waals surface area contributed by atoms with Crippen LogP contribution in [0.15, 0.2) is 30.6 Å². The Morgan fingerprint density at radius 3 is 2.81 bits per heavy atom. The van der Waals surface area contributed by atoms with Gasteiger partial charge in [0.05, 0.1) is 23.6 Å². The van der Waals surface area contributed by atoms with Gasteiger partial charge in [-0.25, -0.2) is 0 Å². The van der Waals surface area contributed by atoms with Gasteiger partial charge in [0.15, 0.2) is 0 Å². The number of aryl methyl sites for hydroxylation is 2. The minimum absolute atomic E-state index is 0.130. The van der Waals surface area contributed by atoms with E-state index in [1.165, 1.54) is 0 Å². The average Bonchev–Trinajstić information content (AvgIpc) is 3.02. The molecule has 0 bridgehead atoms. The number of amides is 2. The Balaban J connectivity index is 1.71. The number of primary amides is 1. The molecule has 1 saturated heterocycles. The van der Waals surface area contributed by atoms with Gasteiger partial charge in [0.25, 0.3) is 0 Å². The summed E-state index contributed by atoms with van der Waals surface area (Å²) in [6.45, 7) is 5.92. The van der Waals surface area contributed by atoms with Gasteiger partial charge in [0.1, 0.15) is 5.41 Å². The summed E-state index contributed by atoms with van der Waals surface area (Å²) >= 11 is 0. The standard InChI is InChI=1S/C19H26N6O2/c1-3-25-11-15(14(2)23-25)22-17(26)12-24-10-6-8-19(13-24,18(20)27)16-7-4-5-9-21-16/h4-5,7,9,11H,3,6,8,10,12-13H2,1-2H3,(H2,20,27)(H,22,26). The van der Waals surface area contributed by atoms with Crippen molar-refractivity contribution in [1.29, 1.82) is 0 Å². The Kier molecular flexibility index (Phi) is 5.55. The fourth-order valence-corrected chi connectivity index (χ4v) is 3.66. The predicted molar refractivity (Wildman–Crippen MR) is 102 cm³/mol. The average molecular weight is 370 g/mol. The number of likely N-dealkylation sites (tertiary alicyclic amines) is 1. The van der Waals surface area contributed by atoms with E-state index in [0.717, 1.165) is 25.2 Å². The smallest absolute Gasteiger partial charge is 0.238 e. The molecule has 2 amide bonds. The second kappa shape index (κ2) is 7.87. The number of nitrogens with two attached hydrogens (primary N) is 1. The third kappa shape index (κ3) is 4.00. The van der Waals surface area contributed by atoms with Crippen molar-refractivity contribution in [3.63, 3.8) is 0 Å². The first-order chi connectivity index (χ1) is 12.9. The molecule has 1 fully saturated rings. The number of piperidine rings is 1. The van der Waals surface area contributed by atoms with Gasteiger partial charge < -0.3 is 11.1 Å². The lowest BCUT2D eigenvalue weighted by atomic mass is 9.76. The summed E-state index contributed by atoms with van der Waals surface area (Å²) in [7, 11) is 0. The first kappa shape index (κ1) is 19.0. The van der Waals surface area contributed by atoms with Crippen LogP contribution in [0, 0.1) is 6.92 Å². The minimum atomic E-state index is -0.858. The lowest BCUT2D eigenvalue weighted by Crippen LogP contribution is -2.55. The van der Waals surface area contributed by atoms with Gasteiger partial charge in [0, 0.05) is 25.5 Å². The molecule has 8 heteroatoms. The zero-order valence-corrected chi connectivity index (χ0v) is 15.8. The number of carbonyl (C=O) groups is 2. The second-order valence-electron chi connectivity index (χ2n) is 7.01. The number of nitrogens with one attached hydrogen (secondary N) is 1. The van der Waals surface area contributed by atoms with Gasteiger partial charge in [-0.05, 0) is 45.4 Å². The second-order valence-corrected chi connectivity index (χ2v) is 7.01. The molecule has 8 nitrogen and oxygen atoms in total. The Bertz CT molecular complexity index is 819. The van der Waals surface area contributed by atoms with Crippen molar-refractivity contribution in [1.82, 2.24) is 19.7 Å². The number of anilines is 1. The minimum Gasteiger partial charge on any atom is -0.369 e. The summed E-state index contributed by atoms with van der Waals surface area (Å²) in [4.78, 5) is 31.2. The van der Waals surface area contributed by atoms with Crippen molar-refractivity contribution >= 4 is 17.5 Å². The fourth-order valence-electron chi connectivity index (χ4n) is 3.66. The van der Waals surface area contributed by atoms with Crippen molar-refractivity contribution in [2.75, 3.05) is 25.0 Å². The highest BCUT2D eigenvalue weighted by molar-refractivity contribution is 5.93. The maximum Gasteiger partial charge on any atom is 0.238 e. The van der Waals surface area contributed by atoms with Crippen LogP contribution in [-0.2, 0) is 21.5 Å². The molecule has 0 spiro atoms. The number of rotatable bonds is 6. The normalized spacial score (nSPS) is 20.4. The first-order valence-corrected chi connectivity index (χ1v) is 9.22. The van der Waals surface area contributed by atoms with Gasteiger partial charge in [-0.1, -0.05) is 6.07 Å². The van der Waals surface area contributed by atoms with Gasteiger partial charge in [-0.15, -0.1) is 0 Å². The molecule has 2 aromatic rings. The molecule has 144 valence electrons. The van der Waals surface area contributed by atoms with Crippen LogP contribution in [0.4, 0.5) is 5.69 Å². The third-order valence-electron chi connectivity index (χ3n) is 5.11. The highest BCUT2D eigenvalue weighted by Crippen LogP contribution is 2.32. The van der Waals surface area contributed by atoms with E-state index in [4.69, 9.17) is 5.73 Å². The summed E-state index contributed by atoms with van der Waals surface area (Å²) in [5.74, 6) is -0.526. The van der Waals surface area contributed by atoms with Gasteiger partial charge in [-0.2, -0.15) is 5.10 Å². The maximum absolute atomic E-state index is 12.5. The fraction of sp³-hybridized carbons (Fsp3) is 0.474. The van der Waals surface area contributed by atoms with Crippen LogP contribution in [-0.4, -0.2) is 51.1 Å². The van der Waals surface area contributed by atoms with Crippen LogP contribution in [0.25, 0.3) is 0 Å². The number of pyridine rings is 1. The van der Waals surface area contributed by atoms with E-state index in [1.807, 2.05) is 43.1 Å². The topological polar surface area (TPSA) is 106 Å². The van der Waals surface area contributed by atoms with Crippen molar-refractivity contribution in [2.45, 2.75) is 38.6 Å². The number of aromatic nitrogens is 3. The van der Waals surface area contributed by atoms with Crippen molar-refractivity contribution in [2.24, 2.45) is 5.73 Å². The zero-order chi connectivity index (χ0) is 19.4. The molecule has 1 unspecified atom stereocenters. The molecule has 0 saturated carbocycles. The van der Waals surface area contributed by atoms with Crippen molar-refractivity contribution < 1.29 is 9.59 Å². The van der Waals surface area contributed by atoms with Crippen LogP contribution in [0.3, 0.4) is 0 Å². The molecule has 0 aliphatic carbocycles. The Morgan fingerprint density at radius 2 is 2.19 bits per heavy atom. The lowest BCUT2D eigenvalue weighted by molar-refractivity contribution is -0.127. The summed E-state index contributed by atoms with van der Waals surface area (Å²) in [5.41, 5.74) is 7.08. The molecule has 0 aromatic carbocycles. The van der Waals surface area contributed by atoms with Gasteiger partial charge in [0.2, 0.25) is 11.8 Å². The van der Waals surface area contributed by atoms with Crippen LogP contribution >= 0.6 is 0 Å². The molecule has 3 N–H and O–H groups in total. The lowest BCUT2D eigenvalue weighted by Gasteiger charge is -2.40. The first-order valence-electron chi connectivity index (χ1n) is 9.22. The maximum atomic E-state index is 12.5. The molecule has 2 aromatic heterocycles. The Labute approximate surface area is 158 Å². The van der Waals surface area contributed by atoms with Crippen LogP contribution in [0.1, 0.15) is 31.2 Å². The summed E-state index contributed by atoms with van der Waals surface area (Å²) in [5, 5.41) is 7.25. The van der Waals surface area contributed by atoms with Crippen LogP contribution < -0.4 is 11.1 Å². The summed E-state index contributed by atoms with van der Waals surface area (Å²) < 4.78 is 1.78. The number of nitrogens with zero attached hydrogens (tertiary/aromatic N) is 4. The molecule has 3 rings (SSSR count).